The molecule has 60 heavy (non-hydrogen) atoms. The van der Waals surface area contributed by atoms with Crippen LogP contribution in [0, 0.1) is 51.4 Å². The van der Waals surface area contributed by atoms with E-state index in [0.29, 0.717) is 48.7 Å². The molecule has 0 aromatic heterocycles. The van der Waals surface area contributed by atoms with E-state index in [1.165, 1.54) is 0 Å². The summed E-state index contributed by atoms with van der Waals surface area (Å²) in [6, 6.07) is 27.4. The van der Waals surface area contributed by atoms with E-state index in [2.05, 4.69) is 0 Å². The predicted molar refractivity (Wildman–Crippen MR) is 254 cm³/mol. The molecule has 0 saturated heterocycles. The summed E-state index contributed by atoms with van der Waals surface area (Å²) in [5, 5.41) is 0. The Balaban J connectivity index is 1.35. The number of aryl methyl sites for hydroxylation is 4. The Bertz CT molecular complexity index is 2440. The average Bonchev–Trinajstić information content (AvgIpc) is 3.18. The highest BCUT2D eigenvalue weighted by atomic mass is 33.2. The summed E-state index contributed by atoms with van der Waals surface area (Å²) in [7, 11) is -10.6. The zero-order valence-corrected chi connectivity index (χ0v) is 41.1. The van der Waals surface area contributed by atoms with Gasteiger partial charge in [0.2, 0.25) is 35.5 Å². The van der Waals surface area contributed by atoms with Gasteiger partial charge in [-0.25, -0.2) is 33.7 Å². The van der Waals surface area contributed by atoms with E-state index in [4.69, 9.17) is 0 Å². The van der Waals surface area contributed by atoms with Crippen LogP contribution in [0.25, 0.3) is 0 Å². The smallest absolute Gasteiger partial charge is 0.212 e. The van der Waals surface area contributed by atoms with Gasteiger partial charge < -0.3 is 0 Å². The first-order chi connectivity index (χ1) is 28.3. The molecule has 0 aliphatic heterocycles. The van der Waals surface area contributed by atoms with Gasteiger partial charge in [-0.3, -0.25) is 0 Å². The molecule has 1 aliphatic carbocycles. The lowest BCUT2D eigenvalue weighted by molar-refractivity contribution is 0.172. The van der Waals surface area contributed by atoms with E-state index in [9.17, 15) is 33.7 Å². The van der Waals surface area contributed by atoms with Crippen LogP contribution >= 0.6 is 43.2 Å². The first-order valence-electron chi connectivity index (χ1n) is 20.2. The minimum Gasteiger partial charge on any atom is -0.212 e. The van der Waals surface area contributed by atoms with E-state index in [1.54, 1.807) is 97.1 Å². The van der Waals surface area contributed by atoms with Crippen LogP contribution in [0.3, 0.4) is 0 Å². The monoisotopic (exact) mass is 968 g/mol. The largest absolute Gasteiger partial charge is 0.229 e. The van der Waals surface area contributed by atoms with Crippen molar-refractivity contribution < 1.29 is 33.7 Å². The second-order valence-corrected chi connectivity index (χ2v) is 32.0. The summed E-state index contributed by atoms with van der Waals surface area (Å²) in [5.41, 5.74) is 3.90. The standard InChI is InChI=1S/C44H56O8S8/c1-33-5-15-41(16-6-33)57(45,46)53-27-23-37-13-14-39(25-29-55-59(49,50)43-19-9-35(3)10-20-43)40(26-30-56-60(51,52)44-21-11-36(4)12-22-44)32-38(31-37)24-28-54-58(47,48)42-17-7-34(2)8-18-42/h5-12,15-22,37-40H,13-14,23-32H2,1-4H3. The van der Waals surface area contributed by atoms with Gasteiger partial charge in [-0.2, -0.15) is 0 Å². The second-order valence-electron chi connectivity index (χ2n) is 15.8. The van der Waals surface area contributed by atoms with Gasteiger partial charge in [0.25, 0.3) is 0 Å². The minimum absolute atomic E-state index is 0.0781. The number of hydrogen-bond donors (Lipinski definition) is 0. The molecule has 4 aromatic carbocycles. The lowest BCUT2D eigenvalue weighted by Gasteiger charge is -2.36. The van der Waals surface area contributed by atoms with Gasteiger partial charge in [0.1, 0.15) is 0 Å². The summed E-state index contributed by atoms with van der Waals surface area (Å²) in [6.45, 7) is 7.64. The minimum atomic E-state index is -3.60. The summed E-state index contributed by atoms with van der Waals surface area (Å²) >= 11 is 0. The summed E-state index contributed by atoms with van der Waals surface area (Å²) < 4.78 is 107. The van der Waals surface area contributed by atoms with Gasteiger partial charge in [-0.1, -0.05) is 77.2 Å². The van der Waals surface area contributed by atoms with Crippen LogP contribution in [0.5, 0.6) is 0 Å². The van der Waals surface area contributed by atoms with Crippen LogP contribution in [0.15, 0.2) is 117 Å². The van der Waals surface area contributed by atoms with Crippen molar-refractivity contribution in [1.29, 1.82) is 0 Å². The summed E-state index contributed by atoms with van der Waals surface area (Å²) in [4.78, 5) is 1.08. The quantitative estimate of drug-likeness (QED) is 0.0780. The van der Waals surface area contributed by atoms with Gasteiger partial charge in [-0.05, 0) is 188 Å². The molecule has 328 valence electrons. The molecule has 0 N–H and O–H groups in total. The number of rotatable bonds is 20. The third-order valence-electron chi connectivity index (χ3n) is 11.1. The lowest BCUT2D eigenvalue weighted by Crippen LogP contribution is -2.26. The molecule has 4 atom stereocenters. The van der Waals surface area contributed by atoms with Gasteiger partial charge in [0.05, 0.1) is 19.6 Å². The van der Waals surface area contributed by atoms with E-state index in [1.807, 2.05) is 27.7 Å². The Morgan fingerprint density at radius 2 is 0.650 bits per heavy atom. The molecule has 1 fully saturated rings. The second kappa shape index (κ2) is 22.1. The molecule has 1 aliphatic rings. The molecule has 0 spiro atoms. The molecule has 8 nitrogen and oxygen atoms in total. The first-order valence-corrected chi connectivity index (χ1v) is 32.1. The van der Waals surface area contributed by atoms with Crippen LogP contribution < -0.4 is 0 Å². The van der Waals surface area contributed by atoms with Crippen LogP contribution in [-0.4, -0.2) is 56.7 Å². The van der Waals surface area contributed by atoms with Crippen molar-refractivity contribution in [2.45, 2.75) is 98.6 Å². The maximum absolute atomic E-state index is 13.4. The van der Waals surface area contributed by atoms with E-state index >= 15 is 0 Å². The molecular formula is C44H56O8S8. The Kier molecular flexibility index (Phi) is 18.1. The Hall–Kier alpha value is -1.92. The van der Waals surface area contributed by atoms with Crippen molar-refractivity contribution in [1.82, 2.24) is 0 Å². The molecule has 4 aromatic rings. The highest BCUT2D eigenvalue weighted by Crippen LogP contribution is 2.43. The number of benzene rings is 4. The van der Waals surface area contributed by atoms with Gasteiger partial charge >= 0.3 is 0 Å². The molecular weight excluding hydrogens is 913 g/mol. The maximum atomic E-state index is 13.4. The van der Waals surface area contributed by atoms with Gasteiger partial charge in [-0.15, -0.1) is 0 Å². The van der Waals surface area contributed by atoms with Crippen LogP contribution in [0.1, 0.15) is 73.6 Å². The molecule has 5 rings (SSSR count). The van der Waals surface area contributed by atoms with Crippen molar-refractivity contribution in [3.8, 4) is 0 Å². The zero-order chi connectivity index (χ0) is 43.6. The Morgan fingerprint density at radius 3 is 0.983 bits per heavy atom. The Morgan fingerprint density at radius 1 is 0.367 bits per heavy atom. The average molecular weight is 969 g/mol. The zero-order valence-electron chi connectivity index (χ0n) is 34.6. The van der Waals surface area contributed by atoms with E-state index in [-0.39, 0.29) is 43.3 Å². The maximum Gasteiger partial charge on any atom is 0.229 e. The van der Waals surface area contributed by atoms with Crippen LogP contribution in [0.2, 0.25) is 0 Å². The van der Waals surface area contributed by atoms with Crippen molar-refractivity contribution in [3.05, 3.63) is 119 Å². The summed E-state index contributed by atoms with van der Waals surface area (Å²) in [6.07, 6.45) is 5.65. The van der Waals surface area contributed by atoms with Crippen molar-refractivity contribution >= 4 is 78.7 Å². The van der Waals surface area contributed by atoms with Gasteiger partial charge in [0.15, 0.2) is 0 Å². The lowest BCUT2D eigenvalue weighted by atomic mass is 9.71. The Labute approximate surface area is 373 Å². The predicted octanol–water partition coefficient (Wildman–Crippen LogP) is 11.3. The number of hydrogen-bond acceptors (Lipinski definition) is 12. The molecule has 0 radical (unpaired) electrons. The molecule has 0 bridgehead atoms. The topological polar surface area (TPSA) is 137 Å². The molecule has 0 heterocycles. The van der Waals surface area contributed by atoms with Crippen molar-refractivity contribution in [2.75, 3.05) is 23.0 Å². The first kappa shape index (κ1) is 49.1. The third-order valence-corrected chi connectivity index (χ3v) is 25.4. The van der Waals surface area contributed by atoms with E-state index < -0.39 is 35.5 Å². The van der Waals surface area contributed by atoms with Crippen LogP contribution in [0.4, 0.5) is 0 Å². The SMILES string of the molecule is Cc1ccc(S(=O)(=O)SCCC2CCC(CCSS(=O)(=O)c3ccc(C)cc3)C(CCSS(=O)(=O)c3ccc(C)cc3)CC(CCSS(=O)(=O)c3ccc(C)cc3)C2)cc1. The molecule has 1 saturated carbocycles. The van der Waals surface area contributed by atoms with Crippen molar-refractivity contribution in [2.24, 2.45) is 23.7 Å². The normalized spacial score (nSPS) is 19.4. The molecule has 4 unspecified atom stereocenters. The fourth-order valence-corrected chi connectivity index (χ4v) is 19.3. The fourth-order valence-electron chi connectivity index (χ4n) is 7.58. The highest BCUT2D eigenvalue weighted by Gasteiger charge is 2.32. The van der Waals surface area contributed by atoms with Crippen molar-refractivity contribution in [3.63, 3.8) is 0 Å². The fraction of sp³-hybridized carbons (Fsp3) is 0.455. The molecule has 16 heteroatoms. The van der Waals surface area contributed by atoms with Gasteiger partial charge in [0, 0.05) is 23.0 Å². The molecule has 0 amide bonds. The highest BCUT2D eigenvalue weighted by molar-refractivity contribution is 8.73. The van der Waals surface area contributed by atoms with E-state index in [0.717, 1.165) is 91.1 Å². The van der Waals surface area contributed by atoms with Crippen LogP contribution in [-0.2, 0) is 35.5 Å². The summed E-state index contributed by atoms with van der Waals surface area (Å²) in [5.74, 6) is 1.98. The third kappa shape index (κ3) is 14.8.